The number of ether oxygens (including phenoxy) is 1. The highest BCUT2D eigenvalue weighted by molar-refractivity contribution is 6.32. The second kappa shape index (κ2) is 10.8. The van der Waals surface area contributed by atoms with Gasteiger partial charge in [0.25, 0.3) is 0 Å². The van der Waals surface area contributed by atoms with Gasteiger partial charge in [0.1, 0.15) is 11.3 Å². The van der Waals surface area contributed by atoms with E-state index in [4.69, 9.17) is 13.5 Å². The van der Waals surface area contributed by atoms with Crippen molar-refractivity contribution in [2.75, 3.05) is 0 Å². The Balaban J connectivity index is 1.06. The third-order valence-electron chi connectivity index (χ3n) is 7.84. The molecule has 2 aromatic heterocycles. The molecular formula is C37H32AlN2O2. The maximum absolute atomic E-state index is 6.43. The molecule has 1 radical (unpaired) electrons. The van der Waals surface area contributed by atoms with Crippen molar-refractivity contribution in [1.82, 2.24) is 9.55 Å². The number of para-hydroxylation sites is 2. The van der Waals surface area contributed by atoms with E-state index in [9.17, 15) is 0 Å². The molecule has 1 aliphatic carbocycles. The van der Waals surface area contributed by atoms with Gasteiger partial charge in [-0.1, -0.05) is 66.7 Å². The van der Waals surface area contributed by atoms with Crippen molar-refractivity contribution < 1.29 is 8.53 Å². The summed E-state index contributed by atoms with van der Waals surface area (Å²) in [7, 11) is 0. The van der Waals surface area contributed by atoms with Crippen LogP contribution in [0.5, 0.6) is 11.5 Å². The summed E-state index contributed by atoms with van der Waals surface area (Å²) in [4.78, 5) is 4.71. The molecule has 0 bridgehead atoms. The average Bonchev–Trinajstić information content (AvgIpc) is 3.35. The Kier molecular flexibility index (Phi) is 6.86. The fraction of sp³-hybridized carbons (Fsp3) is 0.162. The first-order chi connectivity index (χ1) is 20.4. The standard InChI is InChI=1S/C24H19NO.C13H14NO.Al/c26-20-15-11-18(12-16-20)17-9-13-19(14-10-17)25-23-7-3-1-5-21(23)22-6-2-4-8-24(22)25;1-9(2)15-12-6-4-5-11-8-7-10(3)14-13(11)12;/h1,3-5,7-16,26H,2,6H2;4-8H,1-3H3;/q;;+1/p-1. The summed E-state index contributed by atoms with van der Waals surface area (Å²) < 4.78 is 14.6. The summed E-state index contributed by atoms with van der Waals surface area (Å²) in [6.07, 6.45) is 6.76. The van der Waals surface area contributed by atoms with Crippen LogP contribution in [-0.2, 0) is 6.42 Å². The van der Waals surface area contributed by atoms with Crippen LogP contribution in [0.25, 0.3) is 44.7 Å². The van der Waals surface area contributed by atoms with E-state index in [1.807, 2.05) is 25.1 Å². The van der Waals surface area contributed by atoms with Crippen molar-refractivity contribution in [3.63, 3.8) is 0 Å². The van der Waals surface area contributed by atoms with Gasteiger partial charge in [0.15, 0.2) is 0 Å². The molecule has 0 spiro atoms. The quantitative estimate of drug-likeness (QED) is 0.182. The largest absolute Gasteiger partial charge is 0.646 e. The molecule has 6 aromatic rings. The number of aromatic nitrogens is 2. The van der Waals surface area contributed by atoms with Crippen molar-refractivity contribution in [1.29, 1.82) is 0 Å². The zero-order valence-electron chi connectivity index (χ0n) is 24.2. The number of fused-ring (bicyclic) bond motifs is 4. The molecule has 0 saturated carbocycles. The van der Waals surface area contributed by atoms with Crippen LogP contribution in [-0.4, -0.2) is 29.6 Å². The van der Waals surface area contributed by atoms with Crippen LogP contribution >= 0.6 is 0 Å². The summed E-state index contributed by atoms with van der Waals surface area (Å²) in [5.74, 6) is 1.65. The first kappa shape index (κ1) is 26.6. The summed E-state index contributed by atoms with van der Waals surface area (Å²) >= 11 is -0.476. The maximum atomic E-state index is 6.43. The lowest BCUT2D eigenvalue weighted by Crippen LogP contribution is -2.39. The molecule has 205 valence electrons. The van der Waals surface area contributed by atoms with E-state index in [-0.39, 0.29) is 0 Å². The van der Waals surface area contributed by atoms with Gasteiger partial charge in [-0.05, 0) is 98.8 Å². The van der Waals surface area contributed by atoms with Gasteiger partial charge in [0.05, 0.1) is 15.7 Å². The molecule has 0 aliphatic heterocycles. The molecule has 4 aromatic carbocycles. The lowest BCUT2D eigenvalue weighted by Gasteiger charge is -2.26. The molecule has 0 fully saturated rings. The van der Waals surface area contributed by atoms with Gasteiger partial charge in [0.2, 0.25) is 0 Å². The van der Waals surface area contributed by atoms with Gasteiger partial charge < -0.3 is 13.1 Å². The Morgan fingerprint density at radius 2 is 1.57 bits per heavy atom. The minimum atomic E-state index is -0.476. The first-order valence-electron chi connectivity index (χ1n) is 14.5. The van der Waals surface area contributed by atoms with Crippen molar-refractivity contribution >= 4 is 43.4 Å². The molecule has 1 aliphatic rings. The Morgan fingerprint density at radius 1 is 0.810 bits per heavy atom. The molecule has 0 unspecified atom stereocenters. The minimum Gasteiger partial charge on any atom is -0.646 e. The van der Waals surface area contributed by atoms with Crippen LogP contribution in [0.1, 0.15) is 37.2 Å². The van der Waals surface area contributed by atoms with E-state index < -0.39 is 20.0 Å². The van der Waals surface area contributed by atoms with E-state index in [2.05, 4.69) is 115 Å². The second-order valence-corrected chi connectivity index (χ2v) is 13.3. The van der Waals surface area contributed by atoms with Crippen LogP contribution in [0.15, 0.2) is 109 Å². The molecule has 5 heteroatoms. The molecule has 4 nitrogen and oxygen atoms in total. The van der Waals surface area contributed by atoms with Crippen molar-refractivity contribution in [2.45, 2.75) is 38.1 Å². The number of aryl methyl sites for hydroxylation is 2. The van der Waals surface area contributed by atoms with Crippen molar-refractivity contribution in [3.05, 3.63) is 126 Å². The summed E-state index contributed by atoms with van der Waals surface area (Å²) in [5, 5.41) is 2.43. The smallest absolute Gasteiger partial charge is 0.576 e. The fourth-order valence-electron chi connectivity index (χ4n) is 5.81. The zero-order valence-corrected chi connectivity index (χ0v) is 25.3. The van der Waals surface area contributed by atoms with Crippen molar-refractivity contribution in [3.8, 4) is 28.3 Å². The molecule has 42 heavy (non-hydrogen) atoms. The highest BCUT2D eigenvalue weighted by Crippen LogP contribution is 2.34. The monoisotopic (exact) mass is 563 g/mol. The van der Waals surface area contributed by atoms with E-state index in [0.29, 0.717) is 0 Å². The molecule has 7 rings (SSSR count). The van der Waals surface area contributed by atoms with E-state index in [1.165, 1.54) is 33.4 Å². The SMILES string of the molecule is Cc1ccc2cccc(O[C](C)(C)[Al][O]c3ccc(-c4ccc(-n5c6c(c7ccccc75)CCC=C6)cc4)cc3)c2n1. The highest BCUT2D eigenvalue weighted by Gasteiger charge is 2.28. The summed E-state index contributed by atoms with van der Waals surface area (Å²) in [5.41, 5.74) is 9.42. The molecular weight excluding hydrogens is 531 g/mol. The van der Waals surface area contributed by atoms with E-state index in [1.54, 1.807) is 0 Å². The number of pyridine rings is 1. The third-order valence-corrected chi connectivity index (χ3v) is 8.92. The van der Waals surface area contributed by atoms with Gasteiger partial charge >= 0.3 is 15.6 Å². The van der Waals surface area contributed by atoms with Gasteiger partial charge in [-0.3, -0.25) is 0 Å². The van der Waals surface area contributed by atoms with E-state index >= 15 is 0 Å². The molecule has 0 N–H and O–H groups in total. The van der Waals surface area contributed by atoms with Crippen LogP contribution in [0.4, 0.5) is 0 Å². The predicted molar refractivity (Wildman–Crippen MR) is 174 cm³/mol. The number of allylic oxidation sites excluding steroid dienone is 1. The first-order valence-corrected chi connectivity index (χ1v) is 15.6. The molecule has 0 atom stereocenters. The average molecular weight is 564 g/mol. The number of rotatable bonds is 7. The minimum absolute atomic E-state index is 0.453. The molecule has 0 amide bonds. The Hall–Kier alpha value is -4.30. The second-order valence-electron chi connectivity index (χ2n) is 11.5. The Labute approximate surface area is 253 Å². The number of nitrogens with zero attached hydrogens (tertiary/aromatic N) is 2. The number of hydrogen-bond acceptors (Lipinski definition) is 3. The van der Waals surface area contributed by atoms with E-state index in [0.717, 1.165) is 46.5 Å². The predicted octanol–water partition coefficient (Wildman–Crippen LogP) is 8.93. The third kappa shape index (κ3) is 5.11. The van der Waals surface area contributed by atoms with Crippen LogP contribution in [0.2, 0.25) is 0 Å². The normalized spacial score (nSPS) is 12.8. The molecule has 0 saturated heterocycles. The Morgan fingerprint density at radius 3 is 2.38 bits per heavy atom. The van der Waals surface area contributed by atoms with Crippen LogP contribution < -0.4 is 8.53 Å². The van der Waals surface area contributed by atoms with Crippen molar-refractivity contribution in [2.24, 2.45) is 0 Å². The van der Waals surface area contributed by atoms with Crippen LogP contribution in [0.3, 0.4) is 0 Å². The summed E-state index contributed by atoms with van der Waals surface area (Å²) in [6.45, 7) is 6.16. The molecule has 2 heterocycles. The highest BCUT2D eigenvalue weighted by atomic mass is 27.1. The summed E-state index contributed by atoms with van der Waals surface area (Å²) in [6, 6.07) is 36.1. The van der Waals surface area contributed by atoms with Gasteiger partial charge in [-0.15, -0.1) is 0 Å². The number of benzene rings is 4. The van der Waals surface area contributed by atoms with Gasteiger partial charge in [-0.2, -0.15) is 0 Å². The zero-order chi connectivity index (χ0) is 28.7. The van der Waals surface area contributed by atoms with Crippen LogP contribution in [0, 0.1) is 6.92 Å². The maximum Gasteiger partial charge on any atom is 0.576 e. The van der Waals surface area contributed by atoms with Gasteiger partial charge in [-0.25, -0.2) is 4.98 Å². The number of hydrogen-bond donors (Lipinski definition) is 0. The van der Waals surface area contributed by atoms with Gasteiger partial charge in [0, 0.05) is 27.8 Å². The lowest BCUT2D eigenvalue weighted by molar-refractivity contribution is 0.183. The Bertz CT molecular complexity index is 1940. The fourth-order valence-corrected chi connectivity index (χ4v) is 6.56. The topological polar surface area (TPSA) is 36.3 Å². The lowest BCUT2D eigenvalue weighted by atomic mass is 10.0.